The van der Waals surface area contributed by atoms with Crippen LogP contribution in [0.25, 0.3) is 0 Å². The van der Waals surface area contributed by atoms with Crippen molar-refractivity contribution in [3.05, 3.63) is 17.5 Å². The third-order valence-electron chi connectivity index (χ3n) is 3.57. The van der Waals surface area contributed by atoms with Crippen LogP contribution in [0.2, 0.25) is 0 Å². The lowest BCUT2D eigenvalue weighted by molar-refractivity contribution is -0.146. The topological polar surface area (TPSA) is 92.4 Å². The first-order valence-electron chi connectivity index (χ1n) is 6.40. The number of amides is 1. The number of aryl methyl sites for hydroxylation is 1. The van der Waals surface area contributed by atoms with Crippen LogP contribution in [0.5, 0.6) is 0 Å². The van der Waals surface area contributed by atoms with E-state index in [4.69, 9.17) is 9.63 Å². The molecule has 1 fully saturated rings. The molecule has 6 heteroatoms. The molecule has 2 rings (SSSR count). The van der Waals surface area contributed by atoms with Crippen LogP contribution in [-0.4, -0.2) is 22.1 Å². The smallest absolute Gasteiger partial charge is 0.307 e. The average molecular weight is 266 g/mol. The zero-order valence-corrected chi connectivity index (χ0v) is 11.0. The molecular formula is C13H18N2O4. The molecule has 2 N–H and O–H groups in total. The standard InChI is InChI=1S/C13H18N2O4/c1-7-3-10(11(4-7)13(17)18)12(16)14-6-9-5-8(2)19-15-9/h5,7,10-11H,3-4,6H2,1-2H3,(H,14,16)(H,17,18)/t7?,10-,11+/m0/s1. The molecule has 1 aromatic heterocycles. The lowest BCUT2D eigenvalue weighted by atomic mass is 9.95. The lowest BCUT2D eigenvalue weighted by Crippen LogP contribution is -2.35. The minimum Gasteiger partial charge on any atom is -0.481 e. The highest BCUT2D eigenvalue weighted by Crippen LogP contribution is 2.36. The van der Waals surface area contributed by atoms with Crippen LogP contribution in [0, 0.1) is 24.7 Å². The van der Waals surface area contributed by atoms with Crippen molar-refractivity contribution >= 4 is 11.9 Å². The molecule has 0 aromatic carbocycles. The molecular weight excluding hydrogens is 248 g/mol. The number of hydrogen-bond donors (Lipinski definition) is 2. The number of aliphatic carboxylic acids is 1. The molecule has 1 saturated carbocycles. The SMILES string of the molecule is Cc1cc(CNC(=O)[C@H]2CC(C)C[C@H]2C(=O)O)no1. The molecule has 1 aliphatic carbocycles. The largest absolute Gasteiger partial charge is 0.481 e. The maximum absolute atomic E-state index is 12.1. The third-order valence-corrected chi connectivity index (χ3v) is 3.57. The second-order valence-corrected chi connectivity index (χ2v) is 5.27. The van der Waals surface area contributed by atoms with Crippen LogP contribution < -0.4 is 5.32 Å². The van der Waals surface area contributed by atoms with E-state index in [-0.39, 0.29) is 18.4 Å². The van der Waals surface area contributed by atoms with Gasteiger partial charge in [-0.25, -0.2) is 0 Å². The van der Waals surface area contributed by atoms with Gasteiger partial charge in [0.05, 0.1) is 18.4 Å². The molecule has 19 heavy (non-hydrogen) atoms. The van der Waals surface area contributed by atoms with E-state index < -0.39 is 17.8 Å². The Hall–Kier alpha value is -1.85. The molecule has 0 radical (unpaired) electrons. The van der Waals surface area contributed by atoms with Gasteiger partial charge in [0.15, 0.2) is 0 Å². The van der Waals surface area contributed by atoms with Gasteiger partial charge >= 0.3 is 5.97 Å². The molecule has 1 heterocycles. The fourth-order valence-corrected chi connectivity index (χ4v) is 2.66. The Morgan fingerprint density at radius 3 is 2.74 bits per heavy atom. The molecule has 0 bridgehead atoms. The Morgan fingerprint density at radius 1 is 1.47 bits per heavy atom. The summed E-state index contributed by atoms with van der Waals surface area (Å²) in [5, 5.41) is 15.6. The number of carbonyl (C=O) groups excluding carboxylic acids is 1. The molecule has 1 aromatic rings. The van der Waals surface area contributed by atoms with Gasteiger partial charge in [0.1, 0.15) is 11.5 Å². The zero-order chi connectivity index (χ0) is 14.0. The molecule has 6 nitrogen and oxygen atoms in total. The number of aromatic nitrogens is 1. The fourth-order valence-electron chi connectivity index (χ4n) is 2.66. The van der Waals surface area contributed by atoms with Crippen molar-refractivity contribution in [2.45, 2.75) is 33.2 Å². The van der Waals surface area contributed by atoms with E-state index in [9.17, 15) is 9.59 Å². The normalized spacial score (nSPS) is 26.3. The van der Waals surface area contributed by atoms with Crippen molar-refractivity contribution in [2.24, 2.45) is 17.8 Å². The van der Waals surface area contributed by atoms with Crippen LogP contribution in [0.15, 0.2) is 10.6 Å². The maximum Gasteiger partial charge on any atom is 0.307 e. The van der Waals surface area contributed by atoms with E-state index in [2.05, 4.69) is 10.5 Å². The van der Waals surface area contributed by atoms with Gasteiger partial charge in [-0.1, -0.05) is 12.1 Å². The third kappa shape index (κ3) is 3.13. The fraction of sp³-hybridized carbons (Fsp3) is 0.615. The molecule has 1 amide bonds. The van der Waals surface area contributed by atoms with Crippen molar-refractivity contribution in [2.75, 3.05) is 0 Å². The minimum absolute atomic E-state index is 0.211. The summed E-state index contributed by atoms with van der Waals surface area (Å²) < 4.78 is 4.90. The van der Waals surface area contributed by atoms with Crippen LogP contribution in [0.4, 0.5) is 0 Å². The number of nitrogens with one attached hydrogen (secondary N) is 1. The zero-order valence-electron chi connectivity index (χ0n) is 11.0. The second-order valence-electron chi connectivity index (χ2n) is 5.27. The first kappa shape index (κ1) is 13.6. The van der Waals surface area contributed by atoms with Gasteiger partial charge < -0.3 is 14.9 Å². The molecule has 0 spiro atoms. The van der Waals surface area contributed by atoms with Crippen molar-refractivity contribution < 1.29 is 19.2 Å². The summed E-state index contributed by atoms with van der Waals surface area (Å²) in [4.78, 5) is 23.2. The number of rotatable bonds is 4. The molecule has 3 atom stereocenters. The van der Waals surface area contributed by atoms with Gasteiger partial charge in [0.2, 0.25) is 5.91 Å². The van der Waals surface area contributed by atoms with Gasteiger partial charge in [-0.15, -0.1) is 0 Å². The maximum atomic E-state index is 12.1. The lowest BCUT2D eigenvalue weighted by Gasteiger charge is -2.14. The molecule has 0 aliphatic heterocycles. The van der Waals surface area contributed by atoms with Crippen molar-refractivity contribution in [1.82, 2.24) is 10.5 Å². The van der Waals surface area contributed by atoms with Gasteiger partial charge in [-0.2, -0.15) is 0 Å². The first-order chi connectivity index (χ1) is 8.97. The van der Waals surface area contributed by atoms with E-state index in [0.717, 1.165) is 0 Å². The Morgan fingerprint density at radius 2 is 2.16 bits per heavy atom. The van der Waals surface area contributed by atoms with E-state index >= 15 is 0 Å². The Bertz CT molecular complexity index is 483. The van der Waals surface area contributed by atoms with E-state index in [1.807, 2.05) is 6.92 Å². The molecule has 104 valence electrons. The second kappa shape index (κ2) is 5.42. The van der Waals surface area contributed by atoms with E-state index in [0.29, 0.717) is 24.3 Å². The van der Waals surface area contributed by atoms with E-state index in [1.54, 1.807) is 13.0 Å². The highest BCUT2D eigenvalue weighted by molar-refractivity contribution is 5.85. The number of carboxylic acid groups (broad SMARTS) is 1. The highest BCUT2D eigenvalue weighted by Gasteiger charge is 2.41. The molecule has 1 aliphatic rings. The summed E-state index contributed by atoms with van der Waals surface area (Å²) in [6, 6.07) is 1.74. The predicted octanol–water partition coefficient (Wildman–Crippen LogP) is 1.35. The molecule has 0 saturated heterocycles. The van der Waals surface area contributed by atoms with Gasteiger partial charge in [-0.3, -0.25) is 9.59 Å². The summed E-state index contributed by atoms with van der Waals surface area (Å²) >= 11 is 0. The summed E-state index contributed by atoms with van der Waals surface area (Å²) in [5.41, 5.74) is 0.642. The summed E-state index contributed by atoms with van der Waals surface area (Å²) in [6.07, 6.45) is 1.19. The Kier molecular flexibility index (Phi) is 3.87. The van der Waals surface area contributed by atoms with Crippen molar-refractivity contribution in [3.63, 3.8) is 0 Å². The van der Waals surface area contributed by atoms with Gasteiger partial charge in [0, 0.05) is 6.07 Å². The van der Waals surface area contributed by atoms with Crippen molar-refractivity contribution in [3.8, 4) is 0 Å². The Labute approximate surface area is 111 Å². The minimum atomic E-state index is -0.887. The monoisotopic (exact) mass is 266 g/mol. The van der Waals surface area contributed by atoms with Crippen LogP contribution in [0.1, 0.15) is 31.2 Å². The van der Waals surface area contributed by atoms with E-state index in [1.165, 1.54) is 0 Å². The van der Waals surface area contributed by atoms with Gasteiger partial charge in [-0.05, 0) is 25.7 Å². The number of carbonyl (C=O) groups is 2. The van der Waals surface area contributed by atoms with Crippen molar-refractivity contribution in [1.29, 1.82) is 0 Å². The summed E-state index contributed by atoms with van der Waals surface area (Å²) in [5.74, 6) is -1.16. The number of hydrogen-bond acceptors (Lipinski definition) is 4. The molecule has 1 unspecified atom stereocenters. The van der Waals surface area contributed by atoms with Crippen LogP contribution >= 0.6 is 0 Å². The first-order valence-corrected chi connectivity index (χ1v) is 6.40. The predicted molar refractivity (Wildman–Crippen MR) is 66.1 cm³/mol. The average Bonchev–Trinajstić information content (AvgIpc) is 2.92. The Balaban J connectivity index is 1.93. The van der Waals surface area contributed by atoms with Crippen LogP contribution in [0.3, 0.4) is 0 Å². The summed E-state index contributed by atoms with van der Waals surface area (Å²) in [6.45, 7) is 4.02. The number of carboxylic acids is 1. The van der Waals surface area contributed by atoms with Gasteiger partial charge in [0.25, 0.3) is 0 Å². The quantitative estimate of drug-likeness (QED) is 0.858. The summed E-state index contributed by atoms with van der Waals surface area (Å²) in [7, 11) is 0. The van der Waals surface area contributed by atoms with Crippen LogP contribution in [-0.2, 0) is 16.1 Å². The number of nitrogens with zero attached hydrogens (tertiary/aromatic N) is 1. The highest BCUT2D eigenvalue weighted by atomic mass is 16.5.